The van der Waals surface area contributed by atoms with Crippen molar-refractivity contribution in [2.75, 3.05) is 23.9 Å². The molecule has 0 spiro atoms. The average Bonchev–Trinajstić information content (AvgIpc) is 2.40. The molecule has 1 rings (SSSR count). The van der Waals surface area contributed by atoms with Crippen molar-refractivity contribution in [3.8, 4) is 0 Å². The zero-order chi connectivity index (χ0) is 15.2. The summed E-state index contributed by atoms with van der Waals surface area (Å²) < 4.78 is 41.9. The number of hydrogen-bond acceptors (Lipinski definition) is 1. The van der Waals surface area contributed by atoms with E-state index in [4.69, 9.17) is 4.74 Å². The topological polar surface area (TPSA) is 9.23 Å². The minimum atomic E-state index is -4.28. The molecule has 20 heavy (non-hydrogen) atoms. The van der Waals surface area contributed by atoms with Crippen molar-refractivity contribution >= 4 is 47.8 Å². The molecule has 0 radical (unpaired) electrons. The molecular formula is C13H14Br3F3O. The minimum absolute atomic E-state index is 0.0536. The quantitative estimate of drug-likeness (QED) is 0.371. The summed E-state index contributed by atoms with van der Waals surface area (Å²) >= 11 is 10.4. The Bertz CT molecular complexity index is 420. The first-order chi connectivity index (χ1) is 9.34. The van der Waals surface area contributed by atoms with E-state index in [-0.39, 0.29) is 12.0 Å². The Morgan fingerprint density at radius 3 is 2.15 bits per heavy atom. The Morgan fingerprint density at radius 1 is 1.05 bits per heavy atom. The lowest BCUT2D eigenvalue weighted by molar-refractivity contribution is -0.174. The Balaban J connectivity index is 2.75. The fraction of sp³-hybridized carbons (Fsp3) is 0.538. The lowest BCUT2D eigenvalue weighted by Crippen LogP contribution is -2.33. The maximum absolute atomic E-state index is 12.1. The van der Waals surface area contributed by atoms with Crippen molar-refractivity contribution in [1.82, 2.24) is 0 Å². The predicted octanol–water partition coefficient (Wildman–Crippen LogP) is 5.45. The van der Waals surface area contributed by atoms with Gasteiger partial charge in [0.25, 0.3) is 0 Å². The van der Waals surface area contributed by atoms with Crippen molar-refractivity contribution in [3.05, 3.63) is 34.3 Å². The SMILES string of the molecule is FC(F)(F)COCCC(CBr)(CBr)c1ccccc1Br. The van der Waals surface area contributed by atoms with E-state index in [1.165, 1.54) is 0 Å². The van der Waals surface area contributed by atoms with Crippen LogP contribution in [0.4, 0.5) is 13.2 Å². The summed E-state index contributed by atoms with van der Waals surface area (Å²) in [7, 11) is 0. The highest BCUT2D eigenvalue weighted by molar-refractivity contribution is 9.10. The molecule has 114 valence electrons. The third-order valence-electron chi connectivity index (χ3n) is 2.95. The molecule has 0 aromatic heterocycles. The van der Waals surface area contributed by atoms with Crippen LogP contribution in [0.15, 0.2) is 28.7 Å². The Labute approximate surface area is 141 Å². The smallest absolute Gasteiger partial charge is 0.372 e. The van der Waals surface area contributed by atoms with Crippen LogP contribution in [-0.2, 0) is 10.2 Å². The van der Waals surface area contributed by atoms with E-state index >= 15 is 0 Å². The Kier molecular flexibility index (Phi) is 7.52. The molecule has 1 aromatic carbocycles. The maximum Gasteiger partial charge on any atom is 0.411 e. The summed E-state index contributed by atoms with van der Waals surface area (Å²) in [6.07, 6.45) is -3.79. The molecule has 1 nitrogen and oxygen atoms in total. The summed E-state index contributed by atoms with van der Waals surface area (Å²) in [4.78, 5) is 0. The van der Waals surface area contributed by atoms with Crippen LogP contribution >= 0.6 is 47.8 Å². The molecule has 0 fully saturated rings. The van der Waals surface area contributed by atoms with Gasteiger partial charge in [0.2, 0.25) is 0 Å². The maximum atomic E-state index is 12.1. The fourth-order valence-corrected chi connectivity index (χ4v) is 4.59. The summed E-state index contributed by atoms with van der Waals surface area (Å²) in [5.41, 5.74) is 0.732. The van der Waals surface area contributed by atoms with Gasteiger partial charge >= 0.3 is 6.18 Å². The molecular weight excluding hydrogens is 469 g/mol. The van der Waals surface area contributed by atoms with E-state index in [9.17, 15) is 13.2 Å². The lowest BCUT2D eigenvalue weighted by Gasteiger charge is -2.31. The summed E-state index contributed by atoms with van der Waals surface area (Å²) in [5, 5.41) is 1.26. The van der Waals surface area contributed by atoms with Gasteiger partial charge in [0, 0.05) is 27.2 Å². The number of rotatable bonds is 7. The normalized spacial score (nSPS) is 12.7. The predicted molar refractivity (Wildman–Crippen MR) is 84.9 cm³/mol. The summed E-state index contributed by atoms with van der Waals surface area (Å²) in [6, 6.07) is 7.71. The average molecular weight is 483 g/mol. The molecule has 0 N–H and O–H groups in total. The van der Waals surface area contributed by atoms with Gasteiger partial charge in [0.05, 0.1) is 0 Å². The van der Waals surface area contributed by atoms with E-state index in [0.717, 1.165) is 10.0 Å². The molecule has 0 heterocycles. The van der Waals surface area contributed by atoms with Crippen molar-refractivity contribution in [2.45, 2.75) is 18.0 Å². The zero-order valence-electron chi connectivity index (χ0n) is 10.5. The number of ether oxygens (including phenoxy) is 1. The van der Waals surface area contributed by atoms with Crippen molar-refractivity contribution in [2.24, 2.45) is 0 Å². The highest BCUT2D eigenvalue weighted by Gasteiger charge is 2.33. The second-order valence-electron chi connectivity index (χ2n) is 4.45. The summed E-state index contributed by atoms with van der Waals surface area (Å²) in [6.45, 7) is -1.15. The summed E-state index contributed by atoms with van der Waals surface area (Å²) in [5.74, 6) is 0. The van der Waals surface area contributed by atoms with E-state index in [0.29, 0.717) is 17.1 Å². The van der Waals surface area contributed by atoms with Crippen LogP contribution in [0.3, 0.4) is 0 Å². The van der Waals surface area contributed by atoms with Gasteiger partial charge in [-0.25, -0.2) is 0 Å². The third-order valence-corrected chi connectivity index (χ3v) is 5.79. The minimum Gasteiger partial charge on any atom is -0.372 e. The van der Waals surface area contributed by atoms with Gasteiger partial charge in [0.15, 0.2) is 0 Å². The zero-order valence-corrected chi connectivity index (χ0v) is 15.3. The molecule has 7 heteroatoms. The van der Waals surface area contributed by atoms with E-state index in [2.05, 4.69) is 47.8 Å². The van der Waals surface area contributed by atoms with Crippen molar-refractivity contribution < 1.29 is 17.9 Å². The number of benzene rings is 1. The van der Waals surface area contributed by atoms with Crippen LogP contribution in [-0.4, -0.2) is 30.1 Å². The number of alkyl halides is 5. The first-order valence-corrected chi connectivity index (χ1v) is 8.90. The van der Waals surface area contributed by atoms with Gasteiger partial charge in [-0.2, -0.15) is 13.2 Å². The van der Waals surface area contributed by atoms with Crippen molar-refractivity contribution in [1.29, 1.82) is 0 Å². The Hall–Kier alpha value is 0.410. The molecule has 1 aromatic rings. The van der Waals surface area contributed by atoms with Gasteiger partial charge in [-0.05, 0) is 18.1 Å². The standard InChI is InChI=1S/C13H14Br3F3O/c14-7-12(8-15,5-6-20-9-13(17,18)19)10-3-1-2-4-11(10)16/h1-4H,5-9H2. The van der Waals surface area contributed by atoms with E-state index in [1.807, 2.05) is 24.3 Å². The van der Waals surface area contributed by atoms with Gasteiger partial charge in [-0.1, -0.05) is 66.0 Å². The molecule has 0 saturated carbocycles. The van der Waals surface area contributed by atoms with Crippen LogP contribution < -0.4 is 0 Å². The van der Waals surface area contributed by atoms with Crippen LogP contribution in [0.5, 0.6) is 0 Å². The van der Waals surface area contributed by atoms with Crippen LogP contribution in [0.25, 0.3) is 0 Å². The third kappa shape index (κ3) is 5.31. The van der Waals surface area contributed by atoms with Gasteiger partial charge < -0.3 is 4.74 Å². The monoisotopic (exact) mass is 480 g/mol. The molecule has 0 amide bonds. The fourth-order valence-electron chi connectivity index (χ4n) is 1.79. The second kappa shape index (κ2) is 8.15. The van der Waals surface area contributed by atoms with Gasteiger partial charge in [-0.15, -0.1) is 0 Å². The lowest BCUT2D eigenvalue weighted by atomic mass is 9.82. The molecule has 0 aliphatic rings. The molecule has 0 atom stereocenters. The molecule has 0 bridgehead atoms. The van der Waals surface area contributed by atoms with Gasteiger partial charge in [-0.3, -0.25) is 0 Å². The van der Waals surface area contributed by atoms with Crippen LogP contribution in [0.1, 0.15) is 12.0 Å². The highest BCUT2D eigenvalue weighted by Crippen LogP contribution is 2.37. The molecule has 0 saturated heterocycles. The van der Waals surface area contributed by atoms with Gasteiger partial charge in [0.1, 0.15) is 6.61 Å². The largest absolute Gasteiger partial charge is 0.411 e. The first-order valence-electron chi connectivity index (χ1n) is 5.86. The molecule has 0 aliphatic heterocycles. The molecule has 0 unspecified atom stereocenters. The second-order valence-corrected chi connectivity index (χ2v) is 6.42. The van der Waals surface area contributed by atoms with E-state index < -0.39 is 12.8 Å². The highest BCUT2D eigenvalue weighted by atomic mass is 79.9. The first kappa shape index (κ1) is 18.5. The van der Waals surface area contributed by atoms with E-state index in [1.54, 1.807) is 0 Å². The number of hydrogen-bond donors (Lipinski definition) is 0. The van der Waals surface area contributed by atoms with Crippen LogP contribution in [0, 0.1) is 0 Å². The van der Waals surface area contributed by atoms with Crippen LogP contribution in [0.2, 0.25) is 0 Å². The Morgan fingerprint density at radius 2 is 1.65 bits per heavy atom. The van der Waals surface area contributed by atoms with Crippen molar-refractivity contribution in [3.63, 3.8) is 0 Å². The molecule has 0 aliphatic carbocycles. The number of halogens is 6.